The van der Waals surface area contributed by atoms with Crippen LogP contribution in [-0.2, 0) is 0 Å². The molecule has 0 bridgehead atoms. The standard InChI is InChI=1S/C20H13NO2/c22-19-8-4-3-7-17-18(21-23-20(17)19)12-10-14-9-11-15-5-1-2-6-16(15)13-14/h1-13H/b12-10+. The summed E-state index contributed by atoms with van der Waals surface area (Å²) < 4.78 is 5.18. The van der Waals surface area contributed by atoms with Gasteiger partial charge in [-0.2, -0.15) is 0 Å². The van der Waals surface area contributed by atoms with Gasteiger partial charge in [-0.05, 0) is 40.6 Å². The maximum absolute atomic E-state index is 11.9. The van der Waals surface area contributed by atoms with Crippen molar-refractivity contribution in [1.82, 2.24) is 5.16 Å². The van der Waals surface area contributed by atoms with Gasteiger partial charge in [0.25, 0.3) is 0 Å². The van der Waals surface area contributed by atoms with Crippen molar-refractivity contribution in [2.45, 2.75) is 0 Å². The smallest absolute Gasteiger partial charge is 0.224 e. The van der Waals surface area contributed by atoms with Crippen LogP contribution in [0.3, 0.4) is 0 Å². The third-order valence-corrected chi connectivity index (χ3v) is 3.81. The second kappa shape index (κ2) is 5.54. The molecule has 1 heterocycles. The maximum atomic E-state index is 11.9. The van der Waals surface area contributed by atoms with Crippen molar-refractivity contribution in [3.63, 3.8) is 0 Å². The Morgan fingerprint density at radius 2 is 1.61 bits per heavy atom. The van der Waals surface area contributed by atoms with Gasteiger partial charge in [-0.3, -0.25) is 4.79 Å². The molecule has 1 aromatic heterocycles. The van der Waals surface area contributed by atoms with Crippen molar-refractivity contribution in [2.75, 3.05) is 0 Å². The number of rotatable bonds is 2. The highest BCUT2D eigenvalue weighted by molar-refractivity contribution is 5.89. The quantitative estimate of drug-likeness (QED) is 0.547. The van der Waals surface area contributed by atoms with Crippen LogP contribution in [-0.4, -0.2) is 5.16 Å². The molecule has 0 aliphatic heterocycles. The summed E-state index contributed by atoms with van der Waals surface area (Å²) in [5, 5.41) is 7.11. The molecule has 0 spiro atoms. The summed E-state index contributed by atoms with van der Waals surface area (Å²) in [6, 6.07) is 21.3. The predicted octanol–water partition coefficient (Wildman–Crippen LogP) is 4.51. The summed E-state index contributed by atoms with van der Waals surface area (Å²) in [4.78, 5) is 11.9. The highest BCUT2D eigenvalue weighted by atomic mass is 16.5. The summed E-state index contributed by atoms with van der Waals surface area (Å²) in [6.45, 7) is 0. The van der Waals surface area contributed by atoms with Crippen LogP contribution in [0.4, 0.5) is 0 Å². The summed E-state index contributed by atoms with van der Waals surface area (Å²) in [6.07, 6.45) is 3.84. The molecule has 0 aliphatic carbocycles. The molecule has 23 heavy (non-hydrogen) atoms. The molecule has 3 nitrogen and oxygen atoms in total. The molecule has 110 valence electrons. The van der Waals surface area contributed by atoms with Crippen molar-refractivity contribution >= 4 is 33.9 Å². The number of hydrogen-bond acceptors (Lipinski definition) is 3. The van der Waals surface area contributed by atoms with E-state index < -0.39 is 0 Å². The van der Waals surface area contributed by atoms with E-state index in [4.69, 9.17) is 4.52 Å². The maximum Gasteiger partial charge on any atom is 0.224 e. The molecule has 0 saturated heterocycles. The number of fused-ring (bicyclic) bond motifs is 2. The number of aromatic nitrogens is 1. The normalized spacial score (nSPS) is 11.5. The highest BCUT2D eigenvalue weighted by Gasteiger charge is 2.06. The minimum absolute atomic E-state index is 0.164. The van der Waals surface area contributed by atoms with Crippen molar-refractivity contribution < 1.29 is 4.52 Å². The van der Waals surface area contributed by atoms with E-state index in [1.54, 1.807) is 6.07 Å². The second-order valence-corrected chi connectivity index (χ2v) is 5.33. The molecule has 0 N–H and O–H groups in total. The third-order valence-electron chi connectivity index (χ3n) is 3.81. The fourth-order valence-electron chi connectivity index (χ4n) is 2.63. The summed E-state index contributed by atoms with van der Waals surface area (Å²) in [5.41, 5.74) is 1.85. The van der Waals surface area contributed by atoms with Crippen molar-refractivity contribution in [2.24, 2.45) is 0 Å². The molecular formula is C20H13NO2. The fraction of sp³-hybridized carbons (Fsp3) is 0. The van der Waals surface area contributed by atoms with Gasteiger partial charge >= 0.3 is 0 Å². The Hall–Kier alpha value is -3.20. The van der Waals surface area contributed by atoms with Crippen molar-refractivity contribution in [3.05, 3.63) is 88.2 Å². The van der Waals surface area contributed by atoms with E-state index in [-0.39, 0.29) is 11.0 Å². The van der Waals surface area contributed by atoms with E-state index >= 15 is 0 Å². The van der Waals surface area contributed by atoms with Gasteiger partial charge in [-0.15, -0.1) is 0 Å². The zero-order valence-corrected chi connectivity index (χ0v) is 12.3. The summed E-state index contributed by atoms with van der Waals surface area (Å²) in [5.74, 6) is 0. The first-order chi connectivity index (χ1) is 11.3. The van der Waals surface area contributed by atoms with Gasteiger partial charge in [-0.1, -0.05) is 59.8 Å². The first-order valence-electron chi connectivity index (χ1n) is 7.37. The topological polar surface area (TPSA) is 43.1 Å². The van der Waals surface area contributed by atoms with Crippen LogP contribution in [0.15, 0.2) is 76.0 Å². The van der Waals surface area contributed by atoms with Crippen LogP contribution in [0.25, 0.3) is 33.9 Å². The van der Waals surface area contributed by atoms with E-state index in [2.05, 4.69) is 35.5 Å². The van der Waals surface area contributed by atoms with Crippen molar-refractivity contribution in [1.29, 1.82) is 0 Å². The molecule has 4 aromatic rings. The Kier molecular flexibility index (Phi) is 3.24. The lowest BCUT2D eigenvalue weighted by molar-refractivity contribution is 0.453. The average Bonchev–Trinajstić information content (AvgIpc) is 2.90. The van der Waals surface area contributed by atoms with Gasteiger partial charge in [0.15, 0.2) is 0 Å². The van der Waals surface area contributed by atoms with Gasteiger partial charge in [0.2, 0.25) is 11.0 Å². The zero-order chi connectivity index (χ0) is 15.6. The molecular weight excluding hydrogens is 286 g/mol. The summed E-state index contributed by atoms with van der Waals surface area (Å²) >= 11 is 0. The second-order valence-electron chi connectivity index (χ2n) is 5.33. The largest absolute Gasteiger partial charge is 0.351 e. The molecule has 0 saturated carbocycles. The first kappa shape index (κ1) is 13.5. The number of hydrogen-bond donors (Lipinski definition) is 0. The molecule has 0 aliphatic rings. The molecule has 4 rings (SSSR count). The lowest BCUT2D eigenvalue weighted by Gasteiger charge is -1.98. The Bertz CT molecular complexity index is 1090. The lowest BCUT2D eigenvalue weighted by atomic mass is 10.1. The van der Waals surface area contributed by atoms with Crippen LogP contribution in [0.2, 0.25) is 0 Å². The van der Waals surface area contributed by atoms with Gasteiger partial charge in [0.1, 0.15) is 5.69 Å². The van der Waals surface area contributed by atoms with Gasteiger partial charge in [0, 0.05) is 0 Å². The summed E-state index contributed by atoms with van der Waals surface area (Å²) in [7, 11) is 0. The van der Waals surface area contributed by atoms with Crippen LogP contribution < -0.4 is 5.43 Å². The highest BCUT2D eigenvalue weighted by Crippen LogP contribution is 2.19. The number of nitrogens with zero attached hydrogens (tertiary/aromatic N) is 1. The molecule has 3 aromatic carbocycles. The van der Waals surface area contributed by atoms with Gasteiger partial charge < -0.3 is 4.52 Å². The van der Waals surface area contributed by atoms with E-state index in [1.807, 2.05) is 36.4 Å². The van der Waals surface area contributed by atoms with Crippen molar-refractivity contribution in [3.8, 4) is 0 Å². The Morgan fingerprint density at radius 3 is 2.52 bits per heavy atom. The van der Waals surface area contributed by atoms with Gasteiger partial charge in [-0.25, -0.2) is 0 Å². The minimum Gasteiger partial charge on any atom is -0.351 e. The van der Waals surface area contributed by atoms with Gasteiger partial charge in [0.05, 0.1) is 5.39 Å². The van der Waals surface area contributed by atoms with Crippen LogP contribution in [0.1, 0.15) is 11.3 Å². The SMILES string of the molecule is O=c1ccccc2c(/C=C/c3ccc4ccccc4c3)noc12. The predicted molar refractivity (Wildman–Crippen MR) is 93.2 cm³/mol. The molecule has 3 heteroatoms. The van der Waals surface area contributed by atoms with Crippen LogP contribution in [0, 0.1) is 0 Å². The molecule has 0 amide bonds. The third kappa shape index (κ3) is 2.53. The van der Waals surface area contributed by atoms with Crippen LogP contribution >= 0.6 is 0 Å². The molecule has 0 atom stereocenters. The average molecular weight is 299 g/mol. The molecule has 0 fully saturated rings. The van der Waals surface area contributed by atoms with E-state index in [0.29, 0.717) is 5.69 Å². The van der Waals surface area contributed by atoms with Crippen LogP contribution in [0.5, 0.6) is 0 Å². The zero-order valence-electron chi connectivity index (χ0n) is 12.3. The van der Waals surface area contributed by atoms with E-state index in [1.165, 1.54) is 16.8 Å². The lowest BCUT2D eigenvalue weighted by Crippen LogP contribution is -1.91. The Balaban J connectivity index is 1.77. The number of benzene rings is 2. The first-order valence-corrected chi connectivity index (χ1v) is 7.37. The minimum atomic E-state index is -0.164. The fourth-order valence-corrected chi connectivity index (χ4v) is 2.63. The van der Waals surface area contributed by atoms with E-state index in [0.717, 1.165) is 10.9 Å². The van der Waals surface area contributed by atoms with E-state index in [9.17, 15) is 4.79 Å². The Morgan fingerprint density at radius 1 is 0.826 bits per heavy atom. The Labute approximate surface area is 132 Å². The molecule has 0 radical (unpaired) electrons. The molecule has 0 unspecified atom stereocenters. The monoisotopic (exact) mass is 299 g/mol.